The van der Waals surface area contributed by atoms with Gasteiger partial charge in [-0.05, 0) is 48.0 Å². The van der Waals surface area contributed by atoms with Gasteiger partial charge in [-0.2, -0.15) is 0 Å². The van der Waals surface area contributed by atoms with Crippen LogP contribution in [0, 0.1) is 0 Å². The van der Waals surface area contributed by atoms with E-state index in [1.54, 1.807) is 0 Å². The van der Waals surface area contributed by atoms with Crippen LogP contribution in [-0.2, 0) is 4.74 Å². The van der Waals surface area contributed by atoms with Crippen molar-refractivity contribution in [3.63, 3.8) is 0 Å². The minimum Gasteiger partial charge on any atom is -0.409 e. The van der Waals surface area contributed by atoms with Gasteiger partial charge in [0.1, 0.15) is 0 Å². The van der Waals surface area contributed by atoms with Crippen LogP contribution in [-0.4, -0.2) is 37.3 Å². The van der Waals surface area contributed by atoms with Crippen LogP contribution in [0.2, 0.25) is 0 Å². The van der Waals surface area contributed by atoms with Gasteiger partial charge in [-0.15, -0.1) is 0 Å². The predicted octanol–water partition coefficient (Wildman–Crippen LogP) is 2.41. The highest BCUT2D eigenvalue weighted by Crippen LogP contribution is 2.27. The molecular weight excluding hydrogens is 310 g/mol. The molecule has 0 bridgehead atoms. The third-order valence-electron chi connectivity index (χ3n) is 2.78. The average Bonchev–Trinajstić information content (AvgIpc) is 2.43. The second-order valence-electron chi connectivity index (χ2n) is 3.93. The van der Waals surface area contributed by atoms with Crippen molar-refractivity contribution in [1.29, 1.82) is 0 Å². The third-order valence-corrected chi connectivity index (χ3v) is 3.42. The molecule has 0 saturated carbocycles. The van der Waals surface area contributed by atoms with E-state index >= 15 is 0 Å². The molecular formula is C13H20BrN3O2. The second kappa shape index (κ2) is 8.01. The maximum atomic E-state index is 8.67. The largest absolute Gasteiger partial charge is 0.409 e. The lowest BCUT2D eigenvalue weighted by molar-refractivity contribution is 0.154. The molecule has 6 heteroatoms. The monoisotopic (exact) mass is 329 g/mol. The molecule has 0 unspecified atom stereocenters. The molecule has 3 N–H and O–H groups in total. The second-order valence-corrected chi connectivity index (χ2v) is 4.78. The van der Waals surface area contributed by atoms with Crippen LogP contribution in [0.5, 0.6) is 0 Å². The van der Waals surface area contributed by atoms with Crippen LogP contribution < -0.4 is 10.6 Å². The van der Waals surface area contributed by atoms with Crippen LogP contribution in [0.25, 0.3) is 0 Å². The lowest BCUT2D eigenvalue weighted by Gasteiger charge is -2.24. The lowest BCUT2D eigenvalue weighted by Crippen LogP contribution is -2.27. The molecule has 0 atom stereocenters. The topological polar surface area (TPSA) is 71.1 Å². The van der Waals surface area contributed by atoms with Crippen molar-refractivity contribution in [3.8, 4) is 0 Å². The minimum absolute atomic E-state index is 0.101. The zero-order valence-electron chi connectivity index (χ0n) is 11.3. The van der Waals surface area contributed by atoms with Crippen molar-refractivity contribution in [1.82, 2.24) is 0 Å². The molecule has 0 fully saturated rings. The molecule has 5 nitrogen and oxygen atoms in total. The van der Waals surface area contributed by atoms with Crippen molar-refractivity contribution in [3.05, 3.63) is 28.2 Å². The zero-order chi connectivity index (χ0) is 14.3. The quantitative estimate of drug-likeness (QED) is 0.265. The molecule has 1 aromatic rings. The number of rotatable bonds is 7. The Bertz CT molecular complexity index is 438. The molecule has 0 aliphatic carbocycles. The number of halogens is 1. The Kier molecular flexibility index (Phi) is 6.66. The molecule has 1 aromatic carbocycles. The fraction of sp³-hybridized carbons (Fsp3) is 0.462. The number of amidine groups is 1. The maximum absolute atomic E-state index is 8.67. The zero-order valence-corrected chi connectivity index (χ0v) is 12.9. The Balaban J connectivity index is 2.87. The van der Waals surface area contributed by atoms with E-state index in [-0.39, 0.29) is 5.84 Å². The Morgan fingerprint density at radius 1 is 1.47 bits per heavy atom. The molecule has 0 aliphatic rings. The number of anilines is 1. The summed E-state index contributed by atoms with van der Waals surface area (Å²) in [6, 6.07) is 5.62. The van der Waals surface area contributed by atoms with Crippen LogP contribution in [0.1, 0.15) is 19.4 Å². The fourth-order valence-corrected chi connectivity index (χ4v) is 2.38. The van der Waals surface area contributed by atoms with Crippen LogP contribution in [0.4, 0.5) is 5.69 Å². The van der Waals surface area contributed by atoms with Crippen molar-refractivity contribution in [2.24, 2.45) is 10.9 Å². The smallest absolute Gasteiger partial charge is 0.170 e. The molecule has 0 heterocycles. The summed E-state index contributed by atoms with van der Waals surface area (Å²) in [6.45, 7) is 7.20. The molecule has 0 amide bonds. The summed E-state index contributed by atoms with van der Waals surface area (Å²) >= 11 is 3.52. The normalized spacial score (nSPS) is 11.6. The van der Waals surface area contributed by atoms with Gasteiger partial charge in [-0.25, -0.2) is 0 Å². The number of nitrogens with two attached hydrogens (primary N) is 1. The molecule has 1 rings (SSSR count). The van der Waals surface area contributed by atoms with E-state index in [1.165, 1.54) is 0 Å². The highest BCUT2D eigenvalue weighted by molar-refractivity contribution is 9.10. The first-order chi connectivity index (χ1) is 9.13. The average molecular weight is 330 g/mol. The summed E-state index contributed by atoms with van der Waals surface area (Å²) in [4.78, 5) is 2.20. The van der Waals surface area contributed by atoms with Crippen LogP contribution in [0.3, 0.4) is 0 Å². The van der Waals surface area contributed by atoms with Gasteiger partial charge in [0.25, 0.3) is 0 Å². The molecule has 106 valence electrons. The number of hydrogen-bond donors (Lipinski definition) is 2. The number of oxime groups is 1. The maximum Gasteiger partial charge on any atom is 0.170 e. The Morgan fingerprint density at radius 2 is 2.21 bits per heavy atom. The molecule has 0 spiro atoms. The first kappa shape index (κ1) is 15.8. The highest BCUT2D eigenvalue weighted by Gasteiger charge is 2.10. The van der Waals surface area contributed by atoms with Crippen molar-refractivity contribution in [2.45, 2.75) is 13.8 Å². The number of ether oxygens (including phenoxy) is 1. The molecule has 0 radical (unpaired) electrons. The highest BCUT2D eigenvalue weighted by atomic mass is 79.9. The summed E-state index contributed by atoms with van der Waals surface area (Å²) in [5, 5.41) is 11.7. The van der Waals surface area contributed by atoms with E-state index < -0.39 is 0 Å². The number of benzene rings is 1. The Hall–Kier alpha value is -1.27. The van der Waals surface area contributed by atoms with Crippen LogP contribution in [0.15, 0.2) is 27.8 Å². The van der Waals surface area contributed by atoms with Crippen LogP contribution >= 0.6 is 15.9 Å². The van der Waals surface area contributed by atoms with Gasteiger partial charge in [-0.1, -0.05) is 5.16 Å². The van der Waals surface area contributed by atoms with Crippen molar-refractivity contribution in [2.75, 3.05) is 31.2 Å². The van der Waals surface area contributed by atoms with Gasteiger partial charge < -0.3 is 20.6 Å². The number of nitrogens with zero attached hydrogens (tertiary/aromatic N) is 2. The van der Waals surface area contributed by atoms with E-state index in [0.717, 1.165) is 29.9 Å². The predicted molar refractivity (Wildman–Crippen MR) is 81.0 cm³/mol. The summed E-state index contributed by atoms with van der Waals surface area (Å²) in [6.07, 6.45) is 0. The molecule has 19 heavy (non-hydrogen) atoms. The summed E-state index contributed by atoms with van der Waals surface area (Å²) < 4.78 is 6.29. The van der Waals surface area contributed by atoms with E-state index in [0.29, 0.717) is 12.2 Å². The third kappa shape index (κ3) is 4.40. The molecule has 0 saturated heterocycles. The summed E-state index contributed by atoms with van der Waals surface area (Å²) in [7, 11) is 0. The SMILES string of the molecule is CCOCCN(CC)c1ccc(/C(N)=N/O)cc1Br. The summed E-state index contributed by atoms with van der Waals surface area (Å²) in [5.74, 6) is 0.101. The van der Waals surface area contributed by atoms with E-state index in [9.17, 15) is 0 Å². The van der Waals surface area contributed by atoms with Gasteiger partial charge in [0, 0.05) is 29.7 Å². The van der Waals surface area contributed by atoms with E-state index in [1.807, 2.05) is 25.1 Å². The first-order valence-electron chi connectivity index (χ1n) is 6.24. The lowest BCUT2D eigenvalue weighted by atomic mass is 10.2. The van der Waals surface area contributed by atoms with Gasteiger partial charge in [0.2, 0.25) is 0 Å². The van der Waals surface area contributed by atoms with Gasteiger partial charge in [0.05, 0.1) is 12.3 Å². The van der Waals surface area contributed by atoms with Crippen molar-refractivity contribution < 1.29 is 9.94 Å². The number of hydrogen-bond acceptors (Lipinski definition) is 4. The molecule has 0 aliphatic heterocycles. The van der Waals surface area contributed by atoms with Gasteiger partial charge >= 0.3 is 0 Å². The number of likely N-dealkylation sites (N-methyl/N-ethyl adjacent to an activating group) is 1. The fourth-order valence-electron chi connectivity index (χ4n) is 1.75. The van der Waals surface area contributed by atoms with E-state index in [2.05, 4.69) is 32.9 Å². The Labute approximate surface area is 122 Å². The molecule has 0 aromatic heterocycles. The van der Waals surface area contributed by atoms with Crippen molar-refractivity contribution >= 4 is 27.5 Å². The van der Waals surface area contributed by atoms with Gasteiger partial charge in [0.15, 0.2) is 5.84 Å². The Morgan fingerprint density at radius 3 is 2.74 bits per heavy atom. The first-order valence-corrected chi connectivity index (χ1v) is 7.03. The summed E-state index contributed by atoms with van der Waals surface area (Å²) in [5.41, 5.74) is 7.31. The van der Waals surface area contributed by atoms with E-state index in [4.69, 9.17) is 15.7 Å². The standard InChI is InChI=1S/C13H20BrN3O2/c1-3-17(7-8-19-4-2)12-6-5-10(9-11(12)14)13(15)16-18/h5-6,9,18H,3-4,7-8H2,1-2H3,(H2,15,16). The minimum atomic E-state index is 0.101. The van der Waals surface area contributed by atoms with Gasteiger partial charge in [-0.3, -0.25) is 0 Å².